The minimum absolute atomic E-state index is 0.150. The first-order valence-electron chi connectivity index (χ1n) is 8.00. The highest BCUT2D eigenvalue weighted by atomic mass is 16.7. The molecule has 5 heteroatoms. The lowest BCUT2D eigenvalue weighted by Crippen LogP contribution is -2.51. The highest BCUT2D eigenvalue weighted by molar-refractivity contribution is 4.92. The molecule has 3 rings (SSSR count). The molecule has 3 unspecified atom stereocenters. The van der Waals surface area contributed by atoms with Gasteiger partial charge in [-0.3, -0.25) is 0 Å². The number of rotatable bonds is 4. The van der Waals surface area contributed by atoms with Gasteiger partial charge in [0.15, 0.2) is 5.79 Å². The number of ether oxygens (including phenoxy) is 4. The Hall–Kier alpha value is -0.200. The fraction of sp³-hybridized carbons (Fsp3) is 1.00. The lowest BCUT2D eigenvalue weighted by atomic mass is 9.87. The first kappa shape index (κ1) is 14.7. The minimum atomic E-state index is -0.383. The third-order valence-electron chi connectivity index (χ3n) is 4.75. The van der Waals surface area contributed by atoms with Crippen molar-refractivity contribution >= 4 is 0 Å². The van der Waals surface area contributed by atoms with Crippen LogP contribution in [0.15, 0.2) is 0 Å². The van der Waals surface area contributed by atoms with Gasteiger partial charge in [0.05, 0.1) is 32.0 Å². The third kappa shape index (κ3) is 3.34. The van der Waals surface area contributed by atoms with Crippen LogP contribution in [0.25, 0.3) is 0 Å². The van der Waals surface area contributed by atoms with Crippen molar-refractivity contribution in [1.82, 2.24) is 5.32 Å². The first-order chi connectivity index (χ1) is 9.81. The van der Waals surface area contributed by atoms with Crippen molar-refractivity contribution in [3.05, 3.63) is 0 Å². The van der Waals surface area contributed by atoms with E-state index in [1.54, 1.807) is 0 Å². The van der Waals surface area contributed by atoms with Crippen LogP contribution in [0.4, 0.5) is 0 Å². The van der Waals surface area contributed by atoms with Gasteiger partial charge in [0.25, 0.3) is 0 Å². The Morgan fingerprint density at radius 3 is 2.70 bits per heavy atom. The van der Waals surface area contributed by atoms with Crippen LogP contribution < -0.4 is 5.32 Å². The van der Waals surface area contributed by atoms with Crippen LogP contribution in [-0.4, -0.2) is 57.5 Å². The minimum Gasteiger partial charge on any atom is -0.376 e. The van der Waals surface area contributed by atoms with Crippen molar-refractivity contribution in [3.63, 3.8) is 0 Å². The average molecular weight is 285 g/mol. The van der Waals surface area contributed by atoms with E-state index in [0.29, 0.717) is 25.9 Å². The number of nitrogens with one attached hydrogen (secondary N) is 1. The molecule has 0 amide bonds. The summed E-state index contributed by atoms with van der Waals surface area (Å²) < 4.78 is 23.6. The second kappa shape index (κ2) is 6.71. The molecule has 1 aliphatic carbocycles. The molecular formula is C15H27NO4. The average Bonchev–Trinajstić information content (AvgIpc) is 2.94. The summed E-state index contributed by atoms with van der Waals surface area (Å²) in [5.41, 5.74) is 0. The van der Waals surface area contributed by atoms with E-state index in [-0.39, 0.29) is 18.0 Å². The molecule has 116 valence electrons. The monoisotopic (exact) mass is 285 g/mol. The van der Waals surface area contributed by atoms with Crippen molar-refractivity contribution < 1.29 is 18.9 Å². The Kier molecular flexibility index (Phi) is 4.94. The lowest BCUT2D eigenvalue weighted by Gasteiger charge is -2.41. The fourth-order valence-corrected chi connectivity index (χ4v) is 3.55. The van der Waals surface area contributed by atoms with Crippen molar-refractivity contribution in [2.24, 2.45) is 0 Å². The lowest BCUT2D eigenvalue weighted by molar-refractivity contribution is -0.210. The molecule has 1 N–H and O–H groups in total. The predicted molar refractivity (Wildman–Crippen MR) is 74.7 cm³/mol. The zero-order chi connectivity index (χ0) is 13.8. The molecule has 0 aromatic carbocycles. The maximum absolute atomic E-state index is 6.17. The van der Waals surface area contributed by atoms with E-state index in [1.807, 2.05) is 7.05 Å². The molecule has 3 aliphatic rings. The topological polar surface area (TPSA) is 49.0 Å². The van der Waals surface area contributed by atoms with Crippen LogP contribution in [0.1, 0.15) is 38.5 Å². The molecule has 1 spiro atoms. The van der Waals surface area contributed by atoms with Gasteiger partial charge in [0, 0.05) is 25.5 Å². The Balaban J connectivity index is 1.53. The summed E-state index contributed by atoms with van der Waals surface area (Å²) in [6.07, 6.45) is 6.79. The van der Waals surface area contributed by atoms with E-state index in [4.69, 9.17) is 18.9 Å². The Bertz CT molecular complexity index is 300. The van der Waals surface area contributed by atoms with Crippen LogP contribution in [-0.2, 0) is 18.9 Å². The zero-order valence-corrected chi connectivity index (χ0v) is 12.4. The van der Waals surface area contributed by atoms with Crippen molar-refractivity contribution in [2.45, 2.75) is 62.6 Å². The van der Waals surface area contributed by atoms with E-state index >= 15 is 0 Å². The van der Waals surface area contributed by atoms with Gasteiger partial charge in [-0.15, -0.1) is 0 Å². The third-order valence-corrected chi connectivity index (χ3v) is 4.75. The van der Waals surface area contributed by atoms with Gasteiger partial charge in [-0.25, -0.2) is 0 Å². The van der Waals surface area contributed by atoms with Crippen LogP contribution in [0.5, 0.6) is 0 Å². The molecule has 0 bridgehead atoms. The van der Waals surface area contributed by atoms with Gasteiger partial charge < -0.3 is 24.3 Å². The van der Waals surface area contributed by atoms with Crippen molar-refractivity contribution in [3.8, 4) is 0 Å². The van der Waals surface area contributed by atoms with Crippen molar-refractivity contribution in [2.75, 3.05) is 33.5 Å². The molecule has 2 saturated heterocycles. The van der Waals surface area contributed by atoms with Gasteiger partial charge >= 0.3 is 0 Å². The quantitative estimate of drug-likeness (QED) is 0.847. The molecule has 2 heterocycles. The summed E-state index contributed by atoms with van der Waals surface area (Å²) >= 11 is 0. The molecular weight excluding hydrogens is 258 g/mol. The number of likely N-dealkylation sites (N-methyl/N-ethyl adjacent to an activating group) is 1. The van der Waals surface area contributed by atoms with E-state index in [0.717, 1.165) is 32.3 Å². The summed E-state index contributed by atoms with van der Waals surface area (Å²) in [6.45, 7) is 2.99. The highest BCUT2D eigenvalue weighted by Crippen LogP contribution is 2.37. The van der Waals surface area contributed by atoms with Gasteiger partial charge in [0.2, 0.25) is 0 Å². The van der Waals surface area contributed by atoms with Crippen LogP contribution in [0.2, 0.25) is 0 Å². The maximum Gasteiger partial charge on any atom is 0.171 e. The summed E-state index contributed by atoms with van der Waals surface area (Å²) in [5.74, 6) is -0.383. The Morgan fingerprint density at radius 1 is 1.15 bits per heavy atom. The smallest absolute Gasteiger partial charge is 0.171 e. The molecule has 5 nitrogen and oxygen atoms in total. The highest BCUT2D eigenvalue weighted by Gasteiger charge is 2.45. The van der Waals surface area contributed by atoms with E-state index in [9.17, 15) is 0 Å². The molecule has 20 heavy (non-hydrogen) atoms. The van der Waals surface area contributed by atoms with Crippen molar-refractivity contribution in [1.29, 1.82) is 0 Å². The first-order valence-corrected chi connectivity index (χ1v) is 8.00. The summed E-state index contributed by atoms with van der Waals surface area (Å²) in [7, 11) is 2.01. The number of hydrogen-bond donors (Lipinski definition) is 1. The van der Waals surface area contributed by atoms with E-state index in [1.165, 1.54) is 12.8 Å². The van der Waals surface area contributed by atoms with Crippen LogP contribution in [0, 0.1) is 0 Å². The SMILES string of the molecule is CNC1CCC2(CC1OCC1CCCCO1)OCCO2. The van der Waals surface area contributed by atoms with Gasteiger partial charge in [-0.05, 0) is 32.7 Å². The van der Waals surface area contributed by atoms with Gasteiger partial charge in [-0.2, -0.15) is 0 Å². The second-order valence-corrected chi connectivity index (χ2v) is 6.11. The maximum atomic E-state index is 6.17. The molecule has 3 atom stereocenters. The molecule has 2 aliphatic heterocycles. The Labute approximate surface area is 121 Å². The molecule has 0 aromatic rings. The normalized spacial score (nSPS) is 37.4. The van der Waals surface area contributed by atoms with Gasteiger partial charge in [-0.1, -0.05) is 0 Å². The molecule has 1 saturated carbocycles. The standard InChI is InChI=1S/C15H27NO4/c1-16-13-5-6-15(19-8-9-20-15)10-14(13)18-11-12-4-2-3-7-17-12/h12-14,16H,2-11H2,1H3. The molecule has 0 aromatic heterocycles. The number of hydrogen-bond acceptors (Lipinski definition) is 5. The second-order valence-electron chi connectivity index (χ2n) is 6.11. The largest absolute Gasteiger partial charge is 0.376 e. The zero-order valence-electron chi connectivity index (χ0n) is 12.4. The van der Waals surface area contributed by atoms with Crippen LogP contribution >= 0.6 is 0 Å². The molecule has 0 radical (unpaired) electrons. The fourth-order valence-electron chi connectivity index (χ4n) is 3.55. The van der Waals surface area contributed by atoms with Crippen LogP contribution in [0.3, 0.4) is 0 Å². The van der Waals surface area contributed by atoms with E-state index < -0.39 is 0 Å². The predicted octanol–water partition coefficient (Wildman–Crippen LogP) is 1.46. The Morgan fingerprint density at radius 2 is 2.00 bits per heavy atom. The summed E-state index contributed by atoms with van der Waals surface area (Å²) in [6, 6.07) is 0.386. The summed E-state index contributed by atoms with van der Waals surface area (Å²) in [5, 5.41) is 3.37. The van der Waals surface area contributed by atoms with E-state index in [2.05, 4.69) is 5.32 Å². The summed E-state index contributed by atoms with van der Waals surface area (Å²) in [4.78, 5) is 0. The molecule has 3 fully saturated rings. The van der Waals surface area contributed by atoms with Gasteiger partial charge in [0.1, 0.15) is 0 Å².